The van der Waals surface area contributed by atoms with Gasteiger partial charge in [-0.2, -0.15) is 0 Å². The maximum absolute atomic E-state index is 12.8. The fourth-order valence-electron chi connectivity index (χ4n) is 3.29. The number of carboxylic acids is 1. The molecule has 0 spiro atoms. The van der Waals surface area contributed by atoms with E-state index in [0.29, 0.717) is 39.3 Å². The molecule has 2 heterocycles. The van der Waals surface area contributed by atoms with Crippen molar-refractivity contribution < 1.29 is 24.1 Å². The number of hydroxylamine groups is 3. The van der Waals surface area contributed by atoms with Crippen molar-refractivity contribution in [3.63, 3.8) is 0 Å². The monoisotopic (exact) mass is 327 g/mol. The number of rotatable bonds is 6. The van der Waals surface area contributed by atoms with Gasteiger partial charge in [0.15, 0.2) is 0 Å². The van der Waals surface area contributed by atoms with Gasteiger partial charge in [-0.1, -0.05) is 6.08 Å². The molecule has 2 aliphatic heterocycles. The number of carboxylic acid groups (broad SMARTS) is 1. The Kier molecular flexibility index (Phi) is 5.74. The molecule has 8 heteroatoms. The van der Waals surface area contributed by atoms with Crippen molar-refractivity contribution >= 4 is 11.9 Å². The van der Waals surface area contributed by atoms with Gasteiger partial charge in [0.2, 0.25) is 5.91 Å². The van der Waals surface area contributed by atoms with Gasteiger partial charge in [0.05, 0.1) is 13.2 Å². The average molecular weight is 327 g/mol. The lowest BCUT2D eigenvalue weighted by molar-refractivity contribution is -0.890. The van der Waals surface area contributed by atoms with Gasteiger partial charge in [-0.15, -0.1) is 6.58 Å². The highest BCUT2D eigenvalue weighted by Crippen LogP contribution is 2.27. The average Bonchev–Trinajstić information content (AvgIpc) is 2.91. The van der Waals surface area contributed by atoms with Crippen molar-refractivity contribution in [3.05, 3.63) is 17.9 Å². The number of hydrogen-bond donors (Lipinski definition) is 2. The minimum atomic E-state index is -0.941. The minimum absolute atomic E-state index is 0.0390. The third-order valence-electron chi connectivity index (χ3n) is 4.55. The summed E-state index contributed by atoms with van der Waals surface area (Å²) < 4.78 is 4.74. The molecule has 2 rings (SSSR count). The van der Waals surface area contributed by atoms with E-state index < -0.39 is 22.8 Å². The van der Waals surface area contributed by atoms with E-state index in [2.05, 4.69) is 11.9 Å². The molecule has 0 bridgehead atoms. The molecule has 0 aromatic carbocycles. The Labute approximate surface area is 135 Å². The highest BCUT2D eigenvalue weighted by molar-refractivity contribution is 5.75. The second-order valence-electron chi connectivity index (χ2n) is 6.30. The maximum Gasteiger partial charge on any atom is 0.321 e. The van der Waals surface area contributed by atoms with Gasteiger partial charge >= 0.3 is 5.97 Å². The topological polar surface area (TPSA) is 102 Å². The number of morpholine rings is 1. The Balaban J connectivity index is 2.17. The van der Waals surface area contributed by atoms with Gasteiger partial charge < -0.3 is 25.0 Å². The zero-order chi connectivity index (χ0) is 17.0. The van der Waals surface area contributed by atoms with Crippen molar-refractivity contribution in [2.24, 2.45) is 5.92 Å². The first kappa shape index (κ1) is 17.9. The minimum Gasteiger partial charge on any atom is -0.633 e. The normalized spacial score (nSPS) is 29.0. The lowest BCUT2D eigenvalue weighted by Gasteiger charge is -2.48. The third kappa shape index (κ3) is 4.51. The SMILES string of the molecule is C=C[C@@H]1C[C@@H](C(=O)O)N(C(C[N+]2([O-])CCOCC2)NC(C)=O)C1. The van der Waals surface area contributed by atoms with Crippen molar-refractivity contribution in [2.75, 3.05) is 39.4 Å². The van der Waals surface area contributed by atoms with Crippen LogP contribution in [-0.2, 0) is 14.3 Å². The summed E-state index contributed by atoms with van der Waals surface area (Å²) in [5, 5.41) is 25.0. The van der Waals surface area contributed by atoms with Crippen LogP contribution in [0.2, 0.25) is 0 Å². The van der Waals surface area contributed by atoms with Crippen LogP contribution in [0.1, 0.15) is 13.3 Å². The highest BCUT2D eigenvalue weighted by Gasteiger charge is 2.42. The van der Waals surface area contributed by atoms with Gasteiger partial charge in [-0.05, 0) is 12.3 Å². The van der Waals surface area contributed by atoms with Crippen LogP contribution in [0.4, 0.5) is 0 Å². The molecule has 0 radical (unpaired) electrons. The molecule has 2 fully saturated rings. The molecule has 23 heavy (non-hydrogen) atoms. The zero-order valence-corrected chi connectivity index (χ0v) is 13.4. The summed E-state index contributed by atoms with van der Waals surface area (Å²) in [5.41, 5.74) is 0. The van der Waals surface area contributed by atoms with Crippen LogP contribution in [0, 0.1) is 11.1 Å². The number of carbonyl (C=O) groups is 2. The summed E-state index contributed by atoms with van der Waals surface area (Å²) in [6.45, 7) is 7.09. The fraction of sp³-hybridized carbons (Fsp3) is 0.733. The molecule has 2 aliphatic rings. The van der Waals surface area contributed by atoms with E-state index in [0.717, 1.165) is 0 Å². The molecule has 1 amide bonds. The number of nitrogens with zero attached hydrogens (tertiary/aromatic N) is 2. The van der Waals surface area contributed by atoms with Gasteiger partial charge in [0, 0.05) is 13.5 Å². The second kappa shape index (κ2) is 7.39. The second-order valence-corrected chi connectivity index (χ2v) is 6.30. The summed E-state index contributed by atoms with van der Waals surface area (Å²) >= 11 is 0. The molecule has 0 aromatic rings. The summed E-state index contributed by atoms with van der Waals surface area (Å²) in [4.78, 5) is 24.8. The lowest BCUT2D eigenvalue weighted by Crippen LogP contribution is -2.62. The number of quaternary nitrogens is 1. The predicted octanol–water partition coefficient (Wildman–Crippen LogP) is -0.245. The predicted molar refractivity (Wildman–Crippen MR) is 83.1 cm³/mol. The van der Waals surface area contributed by atoms with Gasteiger partial charge in [-0.3, -0.25) is 14.5 Å². The summed E-state index contributed by atoms with van der Waals surface area (Å²) in [6, 6.07) is -0.720. The van der Waals surface area contributed by atoms with Crippen molar-refractivity contribution in [1.29, 1.82) is 0 Å². The number of carbonyl (C=O) groups excluding carboxylic acids is 1. The van der Waals surface area contributed by atoms with E-state index in [-0.39, 0.29) is 18.4 Å². The number of likely N-dealkylation sites (tertiary alicyclic amines) is 1. The van der Waals surface area contributed by atoms with E-state index in [1.165, 1.54) is 6.92 Å². The fourth-order valence-corrected chi connectivity index (χ4v) is 3.29. The van der Waals surface area contributed by atoms with E-state index in [1.54, 1.807) is 11.0 Å². The maximum atomic E-state index is 12.8. The largest absolute Gasteiger partial charge is 0.633 e. The molecule has 1 unspecified atom stereocenters. The van der Waals surface area contributed by atoms with Crippen molar-refractivity contribution in [3.8, 4) is 0 Å². The Morgan fingerprint density at radius 2 is 2.17 bits per heavy atom. The number of amides is 1. The van der Waals surface area contributed by atoms with Crippen LogP contribution in [0.3, 0.4) is 0 Å². The standard InChI is InChI=1S/C15H25N3O5/c1-3-12-8-13(15(20)21)17(9-12)14(16-11(2)19)10-18(22)4-6-23-7-5-18/h3,12-14H,1,4-10H2,2H3,(H,16,19)(H,20,21)/t12-,13+,14?/m1/s1. The Morgan fingerprint density at radius 1 is 1.52 bits per heavy atom. The first-order valence-electron chi connectivity index (χ1n) is 7.88. The van der Waals surface area contributed by atoms with Crippen LogP contribution in [-0.4, -0.2) is 78.1 Å². The van der Waals surface area contributed by atoms with Crippen molar-refractivity contribution in [1.82, 2.24) is 10.2 Å². The molecular weight excluding hydrogens is 302 g/mol. The van der Waals surface area contributed by atoms with Gasteiger partial charge in [0.25, 0.3) is 0 Å². The number of aliphatic carboxylic acids is 1. The van der Waals surface area contributed by atoms with Crippen molar-refractivity contribution in [2.45, 2.75) is 25.6 Å². The molecular formula is C15H25N3O5. The number of ether oxygens (including phenoxy) is 1. The van der Waals surface area contributed by atoms with Crippen LogP contribution in [0.5, 0.6) is 0 Å². The van der Waals surface area contributed by atoms with Gasteiger partial charge in [-0.25, -0.2) is 0 Å². The molecule has 8 nitrogen and oxygen atoms in total. The Hall–Kier alpha value is -1.48. The first-order chi connectivity index (χ1) is 10.8. The molecule has 2 N–H and O–H groups in total. The van der Waals surface area contributed by atoms with Crippen LogP contribution >= 0.6 is 0 Å². The molecule has 2 saturated heterocycles. The van der Waals surface area contributed by atoms with Crippen LogP contribution in [0.25, 0.3) is 0 Å². The van der Waals surface area contributed by atoms with E-state index in [9.17, 15) is 19.9 Å². The van der Waals surface area contributed by atoms with Crippen LogP contribution in [0.15, 0.2) is 12.7 Å². The first-order valence-corrected chi connectivity index (χ1v) is 7.88. The molecule has 0 aliphatic carbocycles. The smallest absolute Gasteiger partial charge is 0.321 e. The molecule has 3 atom stereocenters. The summed E-state index contributed by atoms with van der Waals surface area (Å²) in [6.07, 6.45) is 1.57. The van der Waals surface area contributed by atoms with E-state index in [1.807, 2.05) is 0 Å². The molecule has 130 valence electrons. The van der Waals surface area contributed by atoms with E-state index >= 15 is 0 Å². The zero-order valence-electron chi connectivity index (χ0n) is 13.4. The Bertz CT molecular complexity index is 464. The summed E-state index contributed by atoms with van der Waals surface area (Å²) in [5.74, 6) is -1.18. The molecule has 0 aromatic heterocycles. The number of hydrogen-bond acceptors (Lipinski definition) is 5. The van der Waals surface area contributed by atoms with E-state index in [4.69, 9.17) is 4.74 Å². The lowest BCUT2D eigenvalue weighted by atomic mass is 10.1. The highest BCUT2D eigenvalue weighted by atomic mass is 16.6. The van der Waals surface area contributed by atoms with Gasteiger partial charge in [0.1, 0.15) is 31.8 Å². The summed E-state index contributed by atoms with van der Waals surface area (Å²) in [7, 11) is 0. The third-order valence-corrected chi connectivity index (χ3v) is 4.55. The number of nitrogens with one attached hydrogen (secondary N) is 1. The van der Waals surface area contributed by atoms with Crippen LogP contribution < -0.4 is 5.32 Å². The quantitative estimate of drug-likeness (QED) is 0.396. The molecule has 0 saturated carbocycles. The Morgan fingerprint density at radius 3 is 2.70 bits per heavy atom.